The van der Waals surface area contributed by atoms with Crippen molar-refractivity contribution in [1.29, 1.82) is 0 Å². The lowest BCUT2D eigenvalue weighted by Gasteiger charge is -2.11. The minimum atomic E-state index is -0.450. The van der Waals surface area contributed by atoms with E-state index >= 15 is 0 Å². The molecule has 168 valence electrons. The summed E-state index contributed by atoms with van der Waals surface area (Å²) in [4.78, 5) is 20.7. The topological polar surface area (TPSA) is 107 Å². The average Bonchev–Trinajstić information content (AvgIpc) is 3.13. The summed E-state index contributed by atoms with van der Waals surface area (Å²) in [5, 5.41) is 26.0. The molecule has 4 aromatic rings. The first-order chi connectivity index (χ1) is 15.9. The van der Waals surface area contributed by atoms with Crippen molar-refractivity contribution >= 4 is 33.7 Å². The van der Waals surface area contributed by atoms with Crippen molar-refractivity contribution in [3.63, 3.8) is 0 Å². The molecule has 0 amide bonds. The molecule has 0 aliphatic rings. The van der Waals surface area contributed by atoms with Crippen LogP contribution < -0.4 is 5.32 Å². The number of aromatic amines is 1. The Hall–Kier alpha value is -4.17. The van der Waals surface area contributed by atoms with Crippen LogP contribution in [0, 0.1) is 10.1 Å². The lowest BCUT2D eigenvalue weighted by Crippen LogP contribution is -2.20. The second-order valence-corrected chi connectivity index (χ2v) is 7.94. The Morgan fingerprint density at radius 2 is 1.82 bits per heavy atom. The van der Waals surface area contributed by atoms with Gasteiger partial charge >= 0.3 is 0 Å². The molecular weight excluding hydrogens is 418 g/mol. The Morgan fingerprint density at radius 3 is 2.48 bits per heavy atom. The van der Waals surface area contributed by atoms with Crippen molar-refractivity contribution in [2.45, 2.75) is 0 Å². The molecule has 0 spiro atoms. The highest BCUT2D eigenvalue weighted by atomic mass is 16.6. The number of anilines is 1. The van der Waals surface area contributed by atoms with Gasteiger partial charge in [0.05, 0.1) is 21.9 Å². The number of nitro benzene ring substituents is 1. The molecule has 0 atom stereocenters. The maximum atomic E-state index is 11.3. The zero-order valence-corrected chi connectivity index (χ0v) is 18.4. The fourth-order valence-electron chi connectivity index (χ4n) is 3.59. The van der Waals surface area contributed by atoms with Crippen LogP contribution in [0.1, 0.15) is 11.1 Å². The standard InChI is InChI=1S/C25H25N5O3/c1-29(2)15-14-26-18-8-10-19(11-9-18)27-24(17-6-4-3-5-7-17)23-21-16-20(30(32)33)12-13-22(21)28-25(23)31/h3-13,16,26,28,31H,14-15H2,1-2H3. The molecule has 3 aromatic carbocycles. The second kappa shape index (κ2) is 9.54. The molecule has 0 radical (unpaired) electrons. The summed E-state index contributed by atoms with van der Waals surface area (Å²) in [5.41, 5.74) is 3.96. The molecule has 0 fully saturated rings. The van der Waals surface area contributed by atoms with Gasteiger partial charge in [0.1, 0.15) is 0 Å². The van der Waals surface area contributed by atoms with Gasteiger partial charge in [-0.2, -0.15) is 0 Å². The van der Waals surface area contributed by atoms with E-state index in [4.69, 9.17) is 4.99 Å². The van der Waals surface area contributed by atoms with E-state index in [0.29, 0.717) is 27.9 Å². The third-order valence-electron chi connectivity index (χ3n) is 5.25. The van der Waals surface area contributed by atoms with Gasteiger partial charge in [-0.25, -0.2) is 4.99 Å². The van der Waals surface area contributed by atoms with E-state index in [0.717, 1.165) is 24.3 Å². The third-order valence-corrected chi connectivity index (χ3v) is 5.25. The smallest absolute Gasteiger partial charge is 0.270 e. The molecule has 0 saturated heterocycles. The number of likely N-dealkylation sites (N-methyl/N-ethyl adjacent to an activating group) is 1. The van der Waals surface area contributed by atoms with Crippen LogP contribution in [0.25, 0.3) is 10.9 Å². The Labute approximate surface area is 191 Å². The molecule has 0 aliphatic carbocycles. The number of rotatable bonds is 8. The van der Waals surface area contributed by atoms with Crippen molar-refractivity contribution in [3.05, 3.63) is 94.0 Å². The predicted octanol–water partition coefficient (Wildman–Crippen LogP) is 4.92. The number of benzene rings is 3. The summed E-state index contributed by atoms with van der Waals surface area (Å²) in [6.45, 7) is 1.75. The Morgan fingerprint density at radius 1 is 1.09 bits per heavy atom. The highest BCUT2D eigenvalue weighted by Crippen LogP contribution is 2.33. The van der Waals surface area contributed by atoms with E-state index in [1.54, 1.807) is 6.07 Å². The van der Waals surface area contributed by atoms with Crippen LogP contribution in [-0.2, 0) is 0 Å². The number of hydrogen-bond acceptors (Lipinski definition) is 6. The first-order valence-corrected chi connectivity index (χ1v) is 10.5. The number of nitro groups is 1. The van der Waals surface area contributed by atoms with Crippen LogP contribution in [0.5, 0.6) is 5.88 Å². The summed E-state index contributed by atoms with van der Waals surface area (Å²) in [6.07, 6.45) is 0. The van der Waals surface area contributed by atoms with Crippen molar-refractivity contribution < 1.29 is 10.0 Å². The monoisotopic (exact) mass is 443 g/mol. The first kappa shape index (κ1) is 22.0. The van der Waals surface area contributed by atoms with E-state index < -0.39 is 4.92 Å². The molecule has 0 saturated carbocycles. The molecule has 0 aliphatic heterocycles. The predicted molar refractivity (Wildman–Crippen MR) is 132 cm³/mol. The van der Waals surface area contributed by atoms with Crippen LogP contribution in [0.2, 0.25) is 0 Å². The van der Waals surface area contributed by atoms with Gasteiger partial charge in [0, 0.05) is 47.4 Å². The second-order valence-electron chi connectivity index (χ2n) is 7.94. The number of aromatic hydroxyl groups is 1. The van der Waals surface area contributed by atoms with E-state index in [2.05, 4.69) is 15.2 Å². The van der Waals surface area contributed by atoms with Crippen LogP contribution in [0.4, 0.5) is 17.1 Å². The molecular formula is C25H25N5O3. The molecule has 8 nitrogen and oxygen atoms in total. The van der Waals surface area contributed by atoms with E-state index in [-0.39, 0.29) is 11.6 Å². The number of aromatic nitrogens is 1. The quantitative estimate of drug-likeness (QED) is 0.203. The highest BCUT2D eigenvalue weighted by molar-refractivity contribution is 6.22. The lowest BCUT2D eigenvalue weighted by atomic mass is 10.0. The maximum absolute atomic E-state index is 11.3. The van der Waals surface area contributed by atoms with Gasteiger partial charge in [0.2, 0.25) is 0 Å². The molecule has 1 heterocycles. The number of H-pyrrole nitrogens is 1. The van der Waals surface area contributed by atoms with Gasteiger partial charge in [0.15, 0.2) is 5.88 Å². The molecule has 33 heavy (non-hydrogen) atoms. The number of fused-ring (bicyclic) bond motifs is 1. The van der Waals surface area contributed by atoms with Gasteiger partial charge in [-0.05, 0) is 44.4 Å². The summed E-state index contributed by atoms with van der Waals surface area (Å²) >= 11 is 0. The Kier molecular flexibility index (Phi) is 6.37. The average molecular weight is 444 g/mol. The van der Waals surface area contributed by atoms with Gasteiger partial charge in [-0.3, -0.25) is 10.1 Å². The zero-order valence-electron chi connectivity index (χ0n) is 18.4. The third kappa shape index (κ3) is 5.02. The fourth-order valence-corrected chi connectivity index (χ4v) is 3.59. The van der Waals surface area contributed by atoms with Crippen molar-refractivity contribution in [2.24, 2.45) is 4.99 Å². The Bertz CT molecular complexity index is 1300. The first-order valence-electron chi connectivity index (χ1n) is 10.5. The molecule has 4 rings (SSSR count). The lowest BCUT2D eigenvalue weighted by molar-refractivity contribution is -0.384. The van der Waals surface area contributed by atoms with Gasteiger partial charge in [-0.1, -0.05) is 30.3 Å². The largest absolute Gasteiger partial charge is 0.494 e. The number of aliphatic imine (C=N–C) groups is 1. The Balaban J connectivity index is 1.78. The van der Waals surface area contributed by atoms with E-state index in [9.17, 15) is 15.2 Å². The zero-order chi connectivity index (χ0) is 23.4. The minimum Gasteiger partial charge on any atom is -0.494 e. The number of nitrogens with one attached hydrogen (secondary N) is 2. The molecule has 8 heteroatoms. The summed E-state index contributed by atoms with van der Waals surface area (Å²) in [6, 6.07) is 21.6. The van der Waals surface area contributed by atoms with Gasteiger partial charge < -0.3 is 20.3 Å². The van der Waals surface area contributed by atoms with Crippen molar-refractivity contribution in [1.82, 2.24) is 9.88 Å². The number of hydrogen-bond donors (Lipinski definition) is 3. The van der Waals surface area contributed by atoms with Crippen LogP contribution in [0.3, 0.4) is 0 Å². The molecule has 0 unspecified atom stereocenters. The van der Waals surface area contributed by atoms with Crippen molar-refractivity contribution in [3.8, 4) is 5.88 Å². The summed E-state index contributed by atoms with van der Waals surface area (Å²) in [5.74, 6) is -0.0879. The summed E-state index contributed by atoms with van der Waals surface area (Å²) in [7, 11) is 4.05. The van der Waals surface area contributed by atoms with Crippen LogP contribution >= 0.6 is 0 Å². The van der Waals surface area contributed by atoms with E-state index in [1.165, 1.54) is 12.1 Å². The number of nitrogens with zero attached hydrogens (tertiary/aromatic N) is 3. The normalized spacial score (nSPS) is 11.8. The number of non-ortho nitro benzene ring substituents is 1. The van der Waals surface area contributed by atoms with Gasteiger partial charge in [0.25, 0.3) is 5.69 Å². The summed E-state index contributed by atoms with van der Waals surface area (Å²) < 4.78 is 0. The SMILES string of the molecule is CN(C)CCNc1ccc(N=C(c2ccccc2)c2c(O)[nH]c3ccc([N+](=O)[O-])cc23)cc1. The van der Waals surface area contributed by atoms with Crippen LogP contribution in [0.15, 0.2) is 77.8 Å². The molecule has 0 bridgehead atoms. The maximum Gasteiger partial charge on any atom is 0.270 e. The highest BCUT2D eigenvalue weighted by Gasteiger charge is 2.20. The van der Waals surface area contributed by atoms with Gasteiger partial charge in [-0.15, -0.1) is 0 Å². The van der Waals surface area contributed by atoms with Crippen LogP contribution in [-0.4, -0.2) is 52.8 Å². The van der Waals surface area contributed by atoms with Crippen molar-refractivity contribution in [2.75, 3.05) is 32.5 Å². The molecule has 1 aromatic heterocycles. The fraction of sp³-hybridized carbons (Fsp3) is 0.160. The minimum absolute atomic E-state index is 0.0525. The molecule has 3 N–H and O–H groups in total. The van der Waals surface area contributed by atoms with E-state index in [1.807, 2.05) is 68.7 Å².